The van der Waals surface area contributed by atoms with E-state index in [4.69, 9.17) is 11.6 Å². The van der Waals surface area contributed by atoms with Crippen LogP contribution in [0.5, 0.6) is 0 Å². The van der Waals surface area contributed by atoms with Crippen molar-refractivity contribution in [2.45, 2.75) is 19.9 Å². The number of hydrogen-bond donors (Lipinski definition) is 0. The largest absolute Gasteiger partial charge is 0.274 e. The van der Waals surface area contributed by atoms with Gasteiger partial charge in [-0.05, 0) is 6.42 Å². The summed E-state index contributed by atoms with van der Waals surface area (Å²) in [6.07, 6.45) is 2.39. The predicted molar refractivity (Wildman–Crippen MR) is 65.2 cm³/mol. The highest BCUT2D eigenvalue weighted by Crippen LogP contribution is 2.24. The van der Waals surface area contributed by atoms with Gasteiger partial charge in [0, 0.05) is 12.6 Å². The van der Waals surface area contributed by atoms with Gasteiger partial charge in [-0.1, -0.05) is 23.7 Å². The summed E-state index contributed by atoms with van der Waals surface area (Å²) in [5.41, 5.74) is 0.907. The first kappa shape index (κ1) is 12.4. The first-order chi connectivity index (χ1) is 8.61. The third-order valence-corrected chi connectivity index (χ3v) is 2.50. The van der Waals surface area contributed by atoms with E-state index in [0.29, 0.717) is 17.9 Å². The van der Waals surface area contributed by atoms with Gasteiger partial charge in [-0.3, -0.25) is 10.1 Å². The second kappa shape index (κ2) is 5.09. The maximum atomic E-state index is 10.8. The van der Waals surface area contributed by atoms with Gasteiger partial charge in [0.1, 0.15) is 10.8 Å². The lowest BCUT2D eigenvalue weighted by molar-refractivity contribution is -0.384. The number of nitro groups is 1. The zero-order chi connectivity index (χ0) is 13.1. The summed E-state index contributed by atoms with van der Waals surface area (Å²) in [5.74, 6) is 0. The van der Waals surface area contributed by atoms with Crippen molar-refractivity contribution in [3.05, 3.63) is 33.6 Å². The first-order valence-electron chi connectivity index (χ1n) is 5.32. The van der Waals surface area contributed by atoms with Crippen molar-refractivity contribution in [3.8, 4) is 11.4 Å². The molecule has 0 bridgehead atoms. The van der Waals surface area contributed by atoms with Crippen LogP contribution in [0.1, 0.15) is 13.3 Å². The van der Waals surface area contributed by atoms with Crippen molar-refractivity contribution >= 4 is 17.3 Å². The van der Waals surface area contributed by atoms with Crippen molar-refractivity contribution in [2.24, 2.45) is 0 Å². The number of rotatable bonds is 4. The van der Waals surface area contributed by atoms with Gasteiger partial charge in [-0.25, -0.2) is 9.67 Å². The van der Waals surface area contributed by atoms with Crippen molar-refractivity contribution in [3.63, 3.8) is 0 Å². The van der Waals surface area contributed by atoms with Crippen LogP contribution >= 0.6 is 11.6 Å². The third kappa shape index (κ3) is 2.45. The third-order valence-electron chi connectivity index (χ3n) is 2.31. The van der Waals surface area contributed by atoms with Gasteiger partial charge in [0.25, 0.3) is 5.69 Å². The molecule has 2 aromatic heterocycles. The molecule has 0 atom stereocenters. The second-order valence-electron chi connectivity index (χ2n) is 3.63. The average Bonchev–Trinajstić information content (AvgIpc) is 2.77. The molecule has 0 aliphatic carbocycles. The molecule has 0 unspecified atom stereocenters. The average molecular weight is 268 g/mol. The highest BCUT2D eigenvalue weighted by molar-refractivity contribution is 6.29. The molecule has 0 N–H and O–H groups in total. The van der Waals surface area contributed by atoms with Crippen LogP contribution in [0, 0.1) is 10.1 Å². The van der Waals surface area contributed by atoms with E-state index in [0.717, 1.165) is 6.42 Å². The van der Waals surface area contributed by atoms with Crippen molar-refractivity contribution in [1.82, 2.24) is 20.0 Å². The molecule has 0 spiro atoms. The lowest BCUT2D eigenvalue weighted by Gasteiger charge is -2.04. The van der Waals surface area contributed by atoms with E-state index in [1.165, 1.54) is 18.3 Å². The fraction of sp³-hybridized carbons (Fsp3) is 0.300. The summed E-state index contributed by atoms with van der Waals surface area (Å²) in [7, 11) is 0. The Bertz CT molecular complexity index is 583. The summed E-state index contributed by atoms with van der Waals surface area (Å²) in [6, 6.07) is 2.57. The highest BCUT2D eigenvalue weighted by atomic mass is 35.5. The summed E-state index contributed by atoms with van der Waals surface area (Å²) in [6.45, 7) is 2.66. The van der Waals surface area contributed by atoms with E-state index in [-0.39, 0.29) is 10.8 Å². The lowest BCUT2D eigenvalue weighted by Crippen LogP contribution is -2.03. The zero-order valence-corrected chi connectivity index (χ0v) is 10.3. The van der Waals surface area contributed by atoms with Crippen molar-refractivity contribution in [2.75, 3.05) is 0 Å². The molecule has 0 aliphatic rings. The van der Waals surface area contributed by atoms with E-state index in [2.05, 4.69) is 15.3 Å². The van der Waals surface area contributed by atoms with Gasteiger partial charge in [0.2, 0.25) is 0 Å². The van der Waals surface area contributed by atoms with Gasteiger partial charge in [-0.2, -0.15) is 0 Å². The highest BCUT2D eigenvalue weighted by Gasteiger charge is 2.14. The molecule has 2 heterocycles. The van der Waals surface area contributed by atoms with E-state index in [1.807, 2.05) is 6.92 Å². The predicted octanol–water partition coefficient (Wildman–Crippen LogP) is 2.31. The summed E-state index contributed by atoms with van der Waals surface area (Å²) >= 11 is 5.77. The SMILES string of the molecule is CCCn1nncc1-c1cc([N+](=O)[O-])cc(Cl)n1. The molecule has 2 rings (SSSR count). The molecule has 8 heteroatoms. The second-order valence-corrected chi connectivity index (χ2v) is 4.02. The van der Waals surface area contributed by atoms with Crippen molar-refractivity contribution < 1.29 is 4.92 Å². The lowest BCUT2D eigenvalue weighted by atomic mass is 10.2. The molecule has 0 aromatic carbocycles. The summed E-state index contributed by atoms with van der Waals surface area (Å²) in [4.78, 5) is 14.3. The molecular weight excluding hydrogens is 258 g/mol. The minimum Gasteiger partial charge on any atom is -0.258 e. The fourth-order valence-corrected chi connectivity index (χ4v) is 1.76. The minimum absolute atomic E-state index is 0.0726. The fourth-order valence-electron chi connectivity index (χ4n) is 1.55. The van der Waals surface area contributed by atoms with Crippen LogP contribution < -0.4 is 0 Å². The summed E-state index contributed by atoms with van der Waals surface area (Å²) in [5, 5.41) is 18.5. The van der Waals surface area contributed by atoms with Gasteiger partial charge < -0.3 is 0 Å². The number of halogens is 1. The maximum Gasteiger partial charge on any atom is 0.274 e. The molecule has 0 fully saturated rings. The molecule has 0 saturated heterocycles. The van der Waals surface area contributed by atoms with E-state index in [9.17, 15) is 10.1 Å². The Labute approximate surface area is 108 Å². The molecular formula is C10H10ClN5O2. The van der Waals surface area contributed by atoms with Crippen LogP contribution in [-0.4, -0.2) is 24.9 Å². The van der Waals surface area contributed by atoms with Gasteiger partial charge in [0.15, 0.2) is 0 Å². The Kier molecular flexibility index (Phi) is 3.52. The molecule has 7 nitrogen and oxygen atoms in total. The van der Waals surface area contributed by atoms with E-state index >= 15 is 0 Å². The quantitative estimate of drug-likeness (QED) is 0.482. The zero-order valence-electron chi connectivity index (χ0n) is 9.58. The maximum absolute atomic E-state index is 10.8. The Morgan fingerprint density at radius 3 is 2.94 bits per heavy atom. The van der Waals surface area contributed by atoms with Crippen LogP contribution in [0.4, 0.5) is 5.69 Å². The van der Waals surface area contributed by atoms with E-state index < -0.39 is 4.92 Å². The molecule has 18 heavy (non-hydrogen) atoms. The number of pyridine rings is 1. The number of nitrogens with zero attached hydrogens (tertiary/aromatic N) is 5. The van der Waals surface area contributed by atoms with Gasteiger partial charge in [-0.15, -0.1) is 5.10 Å². The first-order valence-corrected chi connectivity index (χ1v) is 5.70. The van der Waals surface area contributed by atoms with E-state index in [1.54, 1.807) is 4.68 Å². The molecule has 0 aliphatic heterocycles. The number of hydrogen-bond acceptors (Lipinski definition) is 5. The normalized spacial score (nSPS) is 10.6. The van der Waals surface area contributed by atoms with Crippen LogP contribution in [0.15, 0.2) is 18.3 Å². The smallest absolute Gasteiger partial charge is 0.258 e. The topological polar surface area (TPSA) is 86.7 Å². The Morgan fingerprint density at radius 1 is 1.50 bits per heavy atom. The van der Waals surface area contributed by atoms with Crippen LogP contribution in [-0.2, 0) is 6.54 Å². The minimum atomic E-state index is -0.509. The van der Waals surface area contributed by atoms with Gasteiger partial charge in [0.05, 0.1) is 22.9 Å². The standard InChI is InChI=1S/C10H10ClN5O2/c1-2-3-15-9(6-12-14-15)8-4-7(16(17)18)5-10(11)13-8/h4-6H,2-3H2,1H3. The van der Waals surface area contributed by atoms with Crippen LogP contribution in [0.3, 0.4) is 0 Å². The monoisotopic (exact) mass is 267 g/mol. The Morgan fingerprint density at radius 2 is 2.28 bits per heavy atom. The Balaban J connectivity index is 2.49. The molecule has 2 aromatic rings. The Hall–Kier alpha value is -2.02. The molecule has 94 valence electrons. The number of aryl methyl sites for hydroxylation is 1. The van der Waals surface area contributed by atoms with Crippen LogP contribution in [0.25, 0.3) is 11.4 Å². The van der Waals surface area contributed by atoms with Gasteiger partial charge >= 0.3 is 0 Å². The molecule has 0 saturated carbocycles. The van der Waals surface area contributed by atoms with Crippen LogP contribution in [0.2, 0.25) is 5.15 Å². The molecule has 0 amide bonds. The van der Waals surface area contributed by atoms with Crippen molar-refractivity contribution in [1.29, 1.82) is 0 Å². The molecule has 0 radical (unpaired) electrons. The summed E-state index contributed by atoms with van der Waals surface area (Å²) < 4.78 is 1.64. The number of aromatic nitrogens is 4.